The SMILES string of the molecule is CCCCCCOC(=O)c1cc(-n2cccn2)nc(-n2cccn2)c1. The van der Waals surface area contributed by atoms with E-state index in [1.165, 1.54) is 0 Å². The van der Waals surface area contributed by atoms with Gasteiger partial charge in [0.1, 0.15) is 0 Å². The Morgan fingerprint density at radius 1 is 1.00 bits per heavy atom. The summed E-state index contributed by atoms with van der Waals surface area (Å²) in [7, 11) is 0. The Kier molecular flexibility index (Phi) is 5.56. The molecule has 0 aliphatic rings. The Hall–Kier alpha value is -2.96. The van der Waals surface area contributed by atoms with Crippen LogP contribution in [0.4, 0.5) is 0 Å². The van der Waals surface area contributed by atoms with Gasteiger partial charge in [0.15, 0.2) is 11.6 Å². The Morgan fingerprint density at radius 2 is 1.64 bits per heavy atom. The van der Waals surface area contributed by atoms with Gasteiger partial charge < -0.3 is 4.74 Å². The van der Waals surface area contributed by atoms with Crippen molar-refractivity contribution in [2.75, 3.05) is 6.61 Å². The summed E-state index contributed by atoms with van der Waals surface area (Å²) < 4.78 is 8.60. The smallest absolute Gasteiger partial charge is 0.338 e. The second-order valence-electron chi connectivity index (χ2n) is 5.67. The summed E-state index contributed by atoms with van der Waals surface area (Å²) in [5.41, 5.74) is 0.432. The predicted octanol–water partition coefficient (Wildman–Crippen LogP) is 3.19. The molecule has 0 saturated heterocycles. The minimum absolute atomic E-state index is 0.360. The van der Waals surface area contributed by atoms with E-state index in [4.69, 9.17) is 4.74 Å². The number of esters is 1. The van der Waals surface area contributed by atoms with Crippen LogP contribution in [0.5, 0.6) is 0 Å². The molecule has 3 aromatic rings. The number of carbonyl (C=O) groups is 1. The van der Waals surface area contributed by atoms with E-state index in [1.54, 1.807) is 58.4 Å². The first kappa shape index (κ1) is 16.9. The molecule has 3 rings (SSSR count). The first-order valence-electron chi connectivity index (χ1n) is 8.47. The van der Waals surface area contributed by atoms with Crippen LogP contribution in [-0.2, 0) is 4.74 Å². The third-order valence-corrected chi connectivity index (χ3v) is 3.74. The molecule has 0 unspecified atom stereocenters. The van der Waals surface area contributed by atoms with Gasteiger partial charge in [-0.05, 0) is 30.7 Å². The second-order valence-corrected chi connectivity index (χ2v) is 5.67. The van der Waals surface area contributed by atoms with Crippen molar-refractivity contribution in [3.8, 4) is 11.6 Å². The molecule has 0 atom stereocenters. The highest BCUT2D eigenvalue weighted by atomic mass is 16.5. The van der Waals surface area contributed by atoms with Crippen molar-refractivity contribution in [1.82, 2.24) is 24.5 Å². The largest absolute Gasteiger partial charge is 0.462 e. The van der Waals surface area contributed by atoms with Crippen molar-refractivity contribution in [3.05, 3.63) is 54.6 Å². The fourth-order valence-electron chi connectivity index (χ4n) is 2.44. The summed E-state index contributed by atoms with van der Waals surface area (Å²) in [4.78, 5) is 16.9. The van der Waals surface area contributed by atoms with Gasteiger partial charge >= 0.3 is 5.97 Å². The predicted molar refractivity (Wildman–Crippen MR) is 92.9 cm³/mol. The molecule has 0 aromatic carbocycles. The third-order valence-electron chi connectivity index (χ3n) is 3.74. The van der Waals surface area contributed by atoms with E-state index >= 15 is 0 Å². The van der Waals surface area contributed by atoms with Crippen LogP contribution >= 0.6 is 0 Å². The van der Waals surface area contributed by atoms with Gasteiger partial charge in [0, 0.05) is 24.8 Å². The maximum absolute atomic E-state index is 12.4. The van der Waals surface area contributed by atoms with Crippen LogP contribution in [0.3, 0.4) is 0 Å². The molecule has 7 nitrogen and oxygen atoms in total. The minimum atomic E-state index is -0.360. The molecule has 0 aliphatic heterocycles. The maximum Gasteiger partial charge on any atom is 0.338 e. The van der Waals surface area contributed by atoms with E-state index in [0.29, 0.717) is 23.8 Å². The van der Waals surface area contributed by atoms with Gasteiger partial charge in [-0.15, -0.1) is 0 Å². The van der Waals surface area contributed by atoms with Gasteiger partial charge in [0.25, 0.3) is 0 Å². The van der Waals surface area contributed by atoms with Gasteiger partial charge in [0.2, 0.25) is 0 Å². The summed E-state index contributed by atoms with van der Waals surface area (Å²) in [6.45, 7) is 2.58. The third kappa shape index (κ3) is 4.32. The number of rotatable bonds is 8. The standard InChI is InChI=1S/C18H21N5O2/c1-2-3-4-5-12-25-18(24)15-13-16(22-10-6-8-19-22)21-17(14-15)23-11-7-9-20-23/h6-11,13-14H,2-5,12H2,1H3. The summed E-state index contributed by atoms with van der Waals surface area (Å²) in [5, 5.41) is 8.36. The highest BCUT2D eigenvalue weighted by Crippen LogP contribution is 2.14. The monoisotopic (exact) mass is 339 g/mol. The van der Waals surface area contributed by atoms with Gasteiger partial charge in [-0.3, -0.25) is 0 Å². The Labute approximate surface area is 146 Å². The lowest BCUT2D eigenvalue weighted by atomic mass is 10.2. The number of carbonyl (C=O) groups excluding carboxylic acids is 1. The summed E-state index contributed by atoms with van der Waals surface area (Å²) in [6, 6.07) is 6.95. The van der Waals surface area contributed by atoms with E-state index in [9.17, 15) is 4.79 Å². The lowest BCUT2D eigenvalue weighted by Crippen LogP contribution is -2.11. The van der Waals surface area contributed by atoms with Crippen LogP contribution in [0.2, 0.25) is 0 Å². The number of hydrogen-bond donors (Lipinski definition) is 0. The molecule has 3 aromatic heterocycles. The average Bonchev–Trinajstić information content (AvgIpc) is 3.34. The zero-order valence-electron chi connectivity index (χ0n) is 14.2. The van der Waals surface area contributed by atoms with Crippen LogP contribution in [0, 0.1) is 0 Å². The molecule has 0 N–H and O–H groups in total. The molecule has 3 heterocycles. The normalized spacial score (nSPS) is 10.8. The topological polar surface area (TPSA) is 74.8 Å². The molecule has 0 aliphatic carbocycles. The molecule has 130 valence electrons. The molecule has 0 bridgehead atoms. The number of hydrogen-bond acceptors (Lipinski definition) is 5. The fraction of sp³-hybridized carbons (Fsp3) is 0.333. The first-order valence-corrected chi connectivity index (χ1v) is 8.47. The summed E-state index contributed by atoms with van der Waals surface area (Å²) in [5.74, 6) is 0.715. The zero-order valence-corrected chi connectivity index (χ0v) is 14.2. The summed E-state index contributed by atoms with van der Waals surface area (Å²) >= 11 is 0. The molecule has 0 amide bonds. The van der Waals surface area contributed by atoms with Crippen molar-refractivity contribution in [3.63, 3.8) is 0 Å². The van der Waals surface area contributed by atoms with E-state index in [-0.39, 0.29) is 5.97 Å². The van der Waals surface area contributed by atoms with Gasteiger partial charge in [0.05, 0.1) is 12.2 Å². The number of unbranched alkanes of at least 4 members (excludes halogenated alkanes) is 3. The maximum atomic E-state index is 12.4. The molecule has 0 spiro atoms. The molecular weight excluding hydrogens is 318 g/mol. The van der Waals surface area contributed by atoms with E-state index in [0.717, 1.165) is 25.7 Å². The Morgan fingerprint density at radius 3 is 2.16 bits per heavy atom. The van der Waals surface area contributed by atoms with Crippen molar-refractivity contribution >= 4 is 5.97 Å². The van der Waals surface area contributed by atoms with Crippen LogP contribution in [0.25, 0.3) is 11.6 Å². The lowest BCUT2D eigenvalue weighted by molar-refractivity contribution is 0.0497. The minimum Gasteiger partial charge on any atom is -0.462 e. The van der Waals surface area contributed by atoms with Crippen LogP contribution < -0.4 is 0 Å². The van der Waals surface area contributed by atoms with E-state index in [2.05, 4.69) is 22.1 Å². The molecule has 7 heteroatoms. The number of nitrogens with zero attached hydrogens (tertiary/aromatic N) is 5. The number of pyridine rings is 1. The van der Waals surface area contributed by atoms with Crippen molar-refractivity contribution < 1.29 is 9.53 Å². The second kappa shape index (κ2) is 8.23. The zero-order chi connectivity index (χ0) is 17.5. The van der Waals surface area contributed by atoms with Gasteiger partial charge in [-0.2, -0.15) is 10.2 Å². The van der Waals surface area contributed by atoms with Crippen molar-refractivity contribution in [2.24, 2.45) is 0 Å². The van der Waals surface area contributed by atoms with Gasteiger partial charge in [-0.1, -0.05) is 26.2 Å². The van der Waals surface area contributed by atoms with Crippen LogP contribution in [0.1, 0.15) is 43.0 Å². The lowest BCUT2D eigenvalue weighted by Gasteiger charge is -2.09. The Bertz CT molecular complexity index is 745. The molecular formula is C18H21N5O2. The molecule has 0 fully saturated rings. The first-order chi connectivity index (χ1) is 12.3. The van der Waals surface area contributed by atoms with E-state index < -0.39 is 0 Å². The van der Waals surface area contributed by atoms with Crippen molar-refractivity contribution in [2.45, 2.75) is 32.6 Å². The number of aromatic nitrogens is 5. The van der Waals surface area contributed by atoms with Crippen LogP contribution in [0.15, 0.2) is 49.1 Å². The van der Waals surface area contributed by atoms with E-state index in [1.807, 2.05) is 0 Å². The highest BCUT2D eigenvalue weighted by molar-refractivity contribution is 5.90. The molecule has 0 radical (unpaired) electrons. The quantitative estimate of drug-likeness (QED) is 0.465. The van der Waals surface area contributed by atoms with Gasteiger partial charge in [-0.25, -0.2) is 19.1 Å². The number of ether oxygens (including phenoxy) is 1. The molecule has 25 heavy (non-hydrogen) atoms. The fourth-order valence-corrected chi connectivity index (χ4v) is 2.44. The average molecular weight is 339 g/mol. The van der Waals surface area contributed by atoms with Crippen LogP contribution in [-0.4, -0.2) is 37.1 Å². The highest BCUT2D eigenvalue weighted by Gasteiger charge is 2.13. The summed E-state index contributed by atoms with van der Waals surface area (Å²) in [6.07, 6.45) is 11.1. The van der Waals surface area contributed by atoms with Crippen molar-refractivity contribution in [1.29, 1.82) is 0 Å². The Balaban J connectivity index is 1.81. The molecule has 0 saturated carbocycles.